The number of benzene rings is 1. The van der Waals surface area contributed by atoms with E-state index in [1.807, 2.05) is 38.1 Å². The average Bonchev–Trinajstić information content (AvgIpc) is 2.57. The quantitative estimate of drug-likeness (QED) is 0.761. The van der Waals surface area contributed by atoms with Crippen molar-refractivity contribution >= 4 is 11.8 Å². The highest BCUT2D eigenvalue weighted by atomic mass is 16.5. The maximum atomic E-state index is 12.4. The molecule has 0 spiro atoms. The molecular weight excluding hydrogens is 292 g/mol. The van der Waals surface area contributed by atoms with Crippen LogP contribution in [0.1, 0.15) is 45.6 Å². The number of ether oxygens (including phenoxy) is 1. The standard InChI is InChI=1S/C18H28N2O3/c1-5-8-17(21)20(14(3)18(22)19-11-6-2)13-15-9-7-10-16(12-15)23-4/h7,9-10,12,14H,5-6,8,11,13H2,1-4H3,(H,19,22)/t14-/m0/s1. The predicted molar refractivity (Wildman–Crippen MR) is 91.2 cm³/mol. The van der Waals surface area contributed by atoms with Gasteiger partial charge in [-0.25, -0.2) is 0 Å². The molecule has 2 amide bonds. The summed E-state index contributed by atoms with van der Waals surface area (Å²) in [6, 6.07) is 7.08. The van der Waals surface area contributed by atoms with Gasteiger partial charge in [0.05, 0.1) is 7.11 Å². The molecule has 0 aromatic heterocycles. The molecule has 0 fully saturated rings. The maximum Gasteiger partial charge on any atom is 0.242 e. The molecule has 0 bridgehead atoms. The molecule has 1 atom stereocenters. The summed E-state index contributed by atoms with van der Waals surface area (Å²) in [4.78, 5) is 26.3. The van der Waals surface area contributed by atoms with E-state index in [2.05, 4.69) is 5.32 Å². The van der Waals surface area contributed by atoms with Crippen molar-refractivity contribution in [3.8, 4) is 5.75 Å². The molecule has 0 radical (unpaired) electrons. The SMILES string of the molecule is CCCNC(=O)[C@H](C)N(Cc1cccc(OC)c1)C(=O)CCC. The molecule has 0 aliphatic heterocycles. The van der Waals surface area contributed by atoms with Gasteiger partial charge in [-0.3, -0.25) is 9.59 Å². The van der Waals surface area contributed by atoms with Crippen LogP contribution in [-0.2, 0) is 16.1 Å². The first-order valence-electron chi connectivity index (χ1n) is 8.23. The van der Waals surface area contributed by atoms with Gasteiger partial charge >= 0.3 is 0 Å². The van der Waals surface area contributed by atoms with E-state index in [-0.39, 0.29) is 11.8 Å². The number of methoxy groups -OCH3 is 1. The van der Waals surface area contributed by atoms with Crippen molar-refractivity contribution in [3.05, 3.63) is 29.8 Å². The Morgan fingerprint density at radius 2 is 2.00 bits per heavy atom. The smallest absolute Gasteiger partial charge is 0.242 e. The van der Waals surface area contributed by atoms with Crippen LogP contribution in [0.3, 0.4) is 0 Å². The molecule has 0 heterocycles. The number of rotatable bonds is 9. The first-order valence-corrected chi connectivity index (χ1v) is 8.23. The van der Waals surface area contributed by atoms with Crippen LogP contribution < -0.4 is 10.1 Å². The third-order valence-corrected chi connectivity index (χ3v) is 3.67. The van der Waals surface area contributed by atoms with E-state index in [1.54, 1.807) is 18.9 Å². The van der Waals surface area contributed by atoms with Crippen LogP contribution in [0.2, 0.25) is 0 Å². The Labute approximate surface area is 139 Å². The Balaban J connectivity index is 2.90. The molecule has 5 nitrogen and oxygen atoms in total. The molecule has 1 aromatic carbocycles. The molecule has 0 unspecified atom stereocenters. The zero-order valence-electron chi connectivity index (χ0n) is 14.6. The molecule has 0 saturated carbocycles. The van der Waals surface area contributed by atoms with Crippen molar-refractivity contribution in [3.63, 3.8) is 0 Å². The van der Waals surface area contributed by atoms with Crippen molar-refractivity contribution in [1.82, 2.24) is 10.2 Å². The predicted octanol–water partition coefficient (Wildman–Crippen LogP) is 2.74. The van der Waals surface area contributed by atoms with E-state index in [0.717, 1.165) is 24.2 Å². The van der Waals surface area contributed by atoms with Crippen LogP contribution in [0.25, 0.3) is 0 Å². The third-order valence-electron chi connectivity index (χ3n) is 3.67. The van der Waals surface area contributed by atoms with E-state index < -0.39 is 6.04 Å². The zero-order chi connectivity index (χ0) is 17.2. The maximum absolute atomic E-state index is 12.4. The van der Waals surface area contributed by atoms with Crippen LogP contribution in [0.4, 0.5) is 0 Å². The van der Waals surface area contributed by atoms with Crippen LogP contribution in [0, 0.1) is 0 Å². The van der Waals surface area contributed by atoms with Crippen molar-refractivity contribution in [2.24, 2.45) is 0 Å². The zero-order valence-corrected chi connectivity index (χ0v) is 14.6. The summed E-state index contributed by atoms with van der Waals surface area (Å²) in [5, 5.41) is 2.86. The first-order chi connectivity index (χ1) is 11.0. The lowest BCUT2D eigenvalue weighted by Crippen LogP contribution is -2.47. The fraction of sp³-hybridized carbons (Fsp3) is 0.556. The minimum absolute atomic E-state index is 0.00512. The second kappa shape index (κ2) is 9.87. The molecule has 0 aliphatic rings. The van der Waals surface area contributed by atoms with E-state index in [1.165, 1.54) is 0 Å². The lowest BCUT2D eigenvalue weighted by atomic mass is 10.1. The minimum atomic E-state index is -0.494. The summed E-state index contributed by atoms with van der Waals surface area (Å²) in [7, 11) is 1.61. The highest BCUT2D eigenvalue weighted by molar-refractivity contribution is 5.87. The van der Waals surface area contributed by atoms with Crippen molar-refractivity contribution < 1.29 is 14.3 Å². The highest BCUT2D eigenvalue weighted by Crippen LogP contribution is 2.17. The molecule has 23 heavy (non-hydrogen) atoms. The number of hydrogen-bond donors (Lipinski definition) is 1. The van der Waals surface area contributed by atoms with Gasteiger partial charge in [-0.05, 0) is 37.5 Å². The molecule has 128 valence electrons. The Morgan fingerprint density at radius 1 is 1.26 bits per heavy atom. The van der Waals surface area contributed by atoms with Crippen LogP contribution in [-0.4, -0.2) is 36.4 Å². The van der Waals surface area contributed by atoms with E-state index in [4.69, 9.17) is 4.74 Å². The van der Waals surface area contributed by atoms with Gasteiger partial charge in [-0.1, -0.05) is 26.0 Å². The van der Waals surface area contributed by atoms with Crippen molar-refractivity contribution in [2.45, 2.75) is 52.6 Å². The van der Waals surface area contributed by atoms with Crippen LogP contribution in [0.15, 0.2) is 24.3 Å². The fourth-order valence-corrected chi connectivity index (χ4v) is 2.30. The summed E-state index contributed by atoms with van der Waals surface area (Å²) in [5.74, 6) is 0.627. The number of carbonyl (C=O) groups is 2. The van der Waals surface area contributed by atoms with Gasteiger partial charge in [0.15, 0.2) is 0 Å². The Hall–Kier alpha value is -2.04. The molecular formula is C18H28N2O3. The van der Waals surface area contributed by atoms with E-state index in [0.29, 0.717) is 19.5 Å². The second-order valence-electron chi connectivity index (χ2n) is 5.59. The normalized spacial score (nSPS) is 11.7. The summed E-state index contributed by atoms with van der Waals surface area (Å²) in [5.41, 5.74) is 0.948. The van der Waals surface area contributed by atoms with Gasteiger partial charge in [0.25, 0.3) is 0 Å². The van der Waals surface area contributed by atoms with Gasteiger partial charge < -0.3 is 15.0 Å². The summed E-state index contributed by atoms with van der Waals surface area (Å²) in [6.45, 7) is 6.76. The van der Waals surface area contributed by atoms with Crippen LogP contribution in [0.5, 0.6) is 5.75 Å². The summed E-state index contributed by atoms with van der Waals surface area (Å²) >= 11 is 0. The largest absolute Gasteiger partial charge is 0.497 e. The van der Waals surface area contributed by atoms with E-state index in [9.17, 15) is 9.59 Å². The third kappa shape index (κ3) is 5.93. The lowest BCUT2D eigenvalue weighted by Gasteiger charge is -2.29. The number of hydrogen-bond acceptors (Lipinski definition) is 3. The van der Waals surface area contributed by atoms with Crippen molar-refractivity contribution in [2.75, 3.05) is 13.7 Å². The minimum Gasteiger partial charge on any atom is -0.497 e. The molecule has 1 rings (SSSR count). The van der Waals surface area contributed by atoms with Gasteiger partial charge in [-0.2, -0.15) is 0 Å². The number of nitrogens with zero attached hydrogens (tertiary/aromatic N) is 1. The van der Waals surface area contributed by atoms with Gasteiger partial charge in [0.1, 0.15) is 11.8 Å². The van der Waals surface area contributed by atoms with Crippen LogP contribution >= 0.6 is 0 Å². The molecule has 5 heteroatoms. The molecule has 0 aliphatic carbocycles. The summed E-state index contributed by atoms with van der Waals surface area (Å²) in [6.07, 6.45) is 2.07. The monoisotopic (exact) mass is 320 g/mol. The average molecular weight is 320 g/mol. The second-order valence-corrected chi connectivity index (χ2v) is 5.59. The van der Waals surface area contributed by atoms with Gasteiger partial charge in [-0.15, -0.1) is 0 Å². The molecule has 1 N–H and O–H groups in total. The Kier molecular flexibility index (Phi) is 8.16. The molecule has 0 saturated heterocycles. The number of amides is 2. The van der Waals surface area contributed by atoms with Crippen molar-refractivity contribution in [1.29, 1.82) is 0 Å². The number of nitrogens with one attached hydrogen (secondary N) is 1. The Bertz CT molecular complexity index is 517. The summed E-state index contributed by atoms with van der Waals surface area (Å²) < 4.78 is 5.22. The molecule has 1 aromatic rings. The first kappa shape index (κ1) is 19.0. The van der Waals surface area contributed by atoms with Gasteiger partial charge in [0, 0.05) is 19.5 Å². The topological polar surface area (TPSA) is 58.6 Å². The highest BCUT2D eigenvalue weighted by Gasteiger charge is 2.25. The fourth-order valence-electron chi connectivity index (χ4n) is 2.30. The van der Waals surface area contributed by atoms with Gasteiger partial charge in [0.2, 0.25) is 11.8 Å². The number of carbonyl (C=O) groups excluding carboxylic acids is 2. The lowest BCUT2D eigenvalue weighted by molar-refractivity contribution is -0.140. The Morgan fingerprint density at radius 3 is 2.61 bits per heavy atom. The van der Waals surface area contributed by atoms with E-state index >= 15 is 0 Å².